The molecule has 0 radical (unpaired) electrons. The normalized spacial score (nSPS) is 21.8. The lowest BCUT2D eigenvalue weighted by atomic mass is 10.1. The predicted octanol–water partition coefficient (Wildman–Crippen LogP) is 2.42. The molecule has 6 nitrogen and oxygen atoms in total. The molecule has 0 aliphatic heterocycles. The Morgan fingerprint density at radius 2 is 1.91 bits per heavy atom. The van der Waals surface area contributed by atoms with Crippen LogP contribution in [0.25, 0.3) is 0 Å². The van der Waals surface area contributed by atoms with Crippen molar-refractivity contribution in [1.82, 2.24) is 0 Å². The van der Waals surface area contributed by atoms with Gasteiger partial charge in [-0.3, -0.25) is 9.59 Å². The zero-order valence-electron chi connectivity index (χ0n) is 12.3. The van der Waals surface area contributed by atoms with Crippen LogP contribution in [0.4, 0.5) is 5.69 Å². The van der Waals surface area contributed by atoms with Crippen LogP contribution >= 0.6 is 11.6 Å². The first-order valence-corrected chi connectivity index (χ1v) is 6.99. The molecule has 7 heteroatoms. The van der Waals surface area contributed by atoms with Gasteiger partial charge in [0, 0.05) is 5.02 Å². The number of carboxylic acids is 1. The lowest BCUT2D eigenvalue weighted by Crippen LogP contribution is -2.19. The molecule has 2 rings (SSSR count). The molecule has 0 unspecified atom stereocenters. The average molecular weight is 326 g/mol. The highest BCUT2D eigenvalue weighted by atomic mass is 35.5. The van der Waals surface area contributed by atoms with Crippen LogP contribution in [-0.2, 0) is 14.3 Å². The van der Waals surface area contributed by atoms with Gasteiger partial charge in [0.15, 0.2) is 0 Å². The van der Waals surface area contributed by atoms with Crippen molar-refractivity contribution in [2.24, 2.45) is 17.3 Å². The van der Waals surface area contributed by atoms with Crippen molar-refractivity contribution in [2.45, 2.75) is 13.8 Å². The number of rotatable bonds is 4. The van der Waals surface area contributed by atoms with Crippen molar-refractivity contribution < 1.29 is 24.2 Å². The Morgan fingerprint density at radius 3 is 2.41 bits per heavy atom. The third kappa shape index (κ3) is 2.78. The summed E-state index contributed by atoms with van der Waals surface area (Å²) in [5.74, 6) is -3.46. The monoisotopic (exact) mass is 325 g/mol. The molecule has 0 aromatic heterocycles. The van der Waals surface area contributed by atoms with Crippen molar-refractivity contribution in [3.63, 3.8) is 0 Å². The lowest BCUT2D eigenvalue weighted by Gasteiger charge is -2.10. The molecule has 2 N–H and O–H groups in total. The minimum Gasteiger partial charge on any atom is -0.481 e. The van der Waals surface area contributed by atoms with Crippen molar-refractivity contribution >= 4 is 35.1 Å². The Bertz CT molecular complexity index is 655. The molecular formula is C15H16ClNO5. The number of halogens is 1. The fourth-order valence-corrected chi connectivity index (χ4v) is 2.87. The van der Waals surface area contributed by atoms with Gasteiger partial charge in [-0.1, -0.05) is 25.4 Å². The van der Waals surface area contributed by atoms with Crippen molar-refractivity contribution in [1.29, 1.82) is 0 Å². The summed E-state index contributed by atoms with van der Waals surface area (Å²) in [5.41, 5.74) is -0.255. The zero-order valence-corrected chi connectivity index (χ0v) is 13.1. The fourth-order valence-electron chi connectivity index (χ4n) is 2.70. The van der Waals surface area contributed by atoms with Crippen LogP contribution in [0.3, 0.4) is 0 Å². The number of carboxylic acid groups (broad SMARTS) is 1. The van der Waals surface area contributed by atoms with Gasteiger partial charge in [-0.15, -0.1) is 0 Å². The highest BCUT2D eigenvalue weighted by Gasteiger charge is 2.65. The molecule has 1 aromatic carbocycles. The Balaban J connectivity index is 2.23. The number of ether oxygens (including phenoxy) is 1. The molecule has 2 atom stereocenters. The summed E-state index contributed by atoms with van der Waals surface area (Å²) in [6, 6.07) is 4.39. The quantitative estimate of drug-likeness (QED) is 0.829. The minimum absolute atomic E-state index is 0.119. The number of anilines is 1. The Hall–Kier alpha value is -2.08. The zero-order chi connectivity index (χ0) is 16.7. The molecule has 0 spiro atoms. The molecule has 0 bridgehead atoms. The van der Waals surface area contributed by atoms with Gasteiger partial charge < -0.3 is 15.2 Å². The fraction of sp³-hybridized carbons (Fsp3) is 0.400. The van der Waals surface area contributed by atoms with E-state index in [1.165, 1.54) is 25.3 Å². The summed E-state index contributed by atoms with van der Waals surface area (Å²) >= 11 is 5.84. The molecule has 22 heavy (non-hydrogen) atoms. The van der Waals surface area contributed by atoms with Gasteiger partial charge >= 0.3 is 11.9 Å². The molecule has 1 fully saturated rings. The van der Waals surface area contributed by atoms with Gasteiger partial charge in [0.1, 0.15) is 0 Å². The van der Waals surface area contributed by atoms with E-state index >= 15 is 0 Å². The summed E-state index contributed by atoms with van der Waals surface area (Å²) in [7, 11) is 1.22. The van der Waals surface area contributed by atoms with Crippen molar-refractivity contribution in [2.75, 3.05) is 12.4 Å². The minimum atomic E-state index is -1.01. The van der Waals surface area contributed by atoms with E-state index in [9.17, 15) is 14.4 Å². The Morgan fingerprint density at radius 1 is 1.27 bits per heavy atom. The van der Waals surface area contributed by atoms with Crippen LogP contribution < -0.4 is 5.32 Å². The molecule has 118 valence electrons. The number of methoxy groups -OCH3 is 1. The van der Waals surface area contributed by atoms with Gasteiger partial charge in [-0.2, -0.15) is 0 Å². The third-order valence-corrected chi connectivity index (χ3v) is 4.26. The number of nitrogens with one attached hydrogen (secondary N) is 1. The lowest BCUT2D eigenvalue weighted by molar-refractivity contribution is -0.140. The Kier molecular flexibility index (Phi) is 4.15. The largest absolute Gasteiger partial charge is 0.481 e. The second-order valence-corrected chi connectivity index (χ2v) is 6.22. The first-order valence-electron chi connectivity index (χ1n) is 6.61. The summed E-state index contributed by atoms with van der Waals surface area (Å²) in [6.45, 7) is 3.44. The summed E-state index contributed by atoms with van der Waals surface area (Å²) in [4.78, 5) is 35.2. The molecule has 0 heterocycles. The second-order valence-electron chi connectivity index (χ2n) is 5.79. The van der Waals surface area contributed by atoms with Gasteiger partial charge in [0.25, 0.3) is 0 Å². The first-order chi connectivity index (χ1) is 10.2. The van der Waals surface area contributed by atoms with Crippen LogP contribution in [0.2, 0.25) is 5.02 Å². The van der Waals surface area contributed by atoms with E-state index in [0.29, 0.717) is 5.02 Å². The van der Waals surface area contributed by atoms with Gasteiger partial charge in [-0.05, 0) is 23.6 Å². The molecule has 0 saturated heterocycles. The van der Waals surface area contributed by atoms with Crippen LogP contribution in [0.15, 0.2) is 18.2 Å². The van der Waals surface area contributed by atoms with Crippen LogP contribution in [0.5, 0.6) is 0 Å². The number of amides is 1. The molecule has 1 amide bonds. The number of esters is 1. The van der Waals surface area contributed by atoms with Crippen LogP contribution in [-0.4, -0.2) is 30.1 Å². The third-order valence-electron chi connectivity index (χ3n) is 4.02. The molecular weight excluding hydrogens is 310 g/mol. The molecule has 1 aliphatic rings. The van der Waals surface area contributed by atoms with E-state index in [2.05, 4.69) is 10.1 Å². The number of carbonyl (C=O) groups is 3. The summed E-state index contributed by atoms with van der Waals surface area (Å²) in [6.07, 6.45) is 0. The maximum Gasteiger partial charge on any atom is 0.340 e. The van der Waals surface area contributed by atoms with Crippen LogP contribution in [0, 0.1) is 17.3 Å². The topological polar surface area (TPSA) is 92.7 Å². The first kappa shape index (κ1) is 16.3. The van der Waals surface area contributed by atoms with Gasteiger partial charge in [-0.25, -0.2) is 4.79 Å². The number of benzene rings is 1. The average Bonchev–Trinajstić information content (AvgIpc) is 3.03. The maximum atomic E-state index is 12.3. The standard InChI is InChI=1S/C15H16ClNO5/c1-15(2)10(11(15)13(19)20)12(18)17-9-5-4-7(16)6-8(9)14(21)22-3/h4-6,10-11H,1-3H3,(H,17,18)(H,19,20)/t10-,11-/m0/s1. The van der Waals surface area contributed by atoms with Crippen molar-refractivity contribution in [3.05, 3.63) is 28.8 Å². The molecule has 1 saturated carbocycles. The van der Waals surface area contributed by atoms with E-state index in [4.69, 9.17) is 16.7 Å². The summed E-state index contributed by atoms with van der Waals surface area (Å²) < 4.78 is 4.65. The number of aliphatic carboxylic acids is 1. The van der Waals surface area contributed by atoms with E-state index in [0.717, 1.165) is 0 Å². The smallest absolute Gasteiger partial charge is 0.340 e. The van der Waals surface area contributed by atoms with Crippen molar-refractivity contribution in [3.8, 4) is 0 Å². The second kappa shape index (κ2) is 5.61. The molecule has 1 aliphatic carbocycles. The predicted molar refractivity (Wildman–Crippen MR) is 79.8 cm³/mol. The van der Waals surface area contributed by atoms with E-state index in [1.54, 1.807) is 13.8 Å². The van der Waals surface area contributed by atoms with E-state index in [1.807, 2.05) is 0 Å². The number of carbonyl (C=O) groups excluding carboxylic acids is 2. The number of hydrogen-bond acceptors (Lipinski definition) is 4. The van der Waals surface area contributed by atoms with Crippen LogP contribution in [0.1, 0.15) is 24.2 Å². The van der Waals surface area contributed by atoms with E-state index < -0.39 is 35.1 Å². The summed E-state index contributed by atoms with van der Waals surface area (Å²) in [5, 5.41) is 12.0. The SMILES string of the molecule is COC(=O)c1cc(Cl)ccc1NC(=O)[C@@H]1[C@@H](C(=O)O)C1(C)C. The van der Waals surface area contributed by atoms with Gasteiger partial charge in [0.2, 0.25) is 5.91 Å². The Labute approximate surface area is 132 Å². The highest BCUT2D eigenvalue weighted by Crippen LogP contribution is 2.58. The molecule has 1 aromatic rings. The van der Waals surface area contributed by atoms with E-state index in [-0.39, 0.29) is 11.3 Å². The maximum absolute atomic E-state index is 12.3. The highest BCUT2D eigenvalue weighted by molar-refractivity contribution is 6.31. The number of hydrogen-bond donors (Lipinski definition) is 2. The van der Waals surface area contributed by atoms with Gasteiger partial charge in [0.05, 0.1) is 30.2 Å².